The van der Waals surface area contributed by atoms with Gasteiger partial charge in [0.1, 0.15) is 5.75 Å². The Bertz CT molecular complexity index is 636. The number of para-hydroxylation sites is 1. The zero-order chi connectivity index (χ0) is 14.7. The minimum atomic E-state index is -0.569. The first-order chi connectivity index (χ1) is 10.2. The first-order valence-electron chi connectivity index (χ1n) is 7.18. The molecule has 0 amide bonds. The quantitative estimate of drug-likeness (QED) is 0.876. The highest BCUT2D eigenvalue weighted by atomic mass is 16.5. The predicted octanol–water partition coefficient (Wildman–Crippen LogP) is 3.11. The van der Waals surface area contributed by atoms with Crippen molar-refractivity contribution in [3.63, 3.8) is 0 Å². The van der Waals surface area contributed by atoms with Gasteiger partial charge in [0.25, 0.3) is 0 Å². The van der Waals surface area contributed by atoms with Crippen molar-refractivity contribution in [3.05, 3.63) is 65.7 Å². The third kappa shape index (κ3) is 2.77. The maximum atomic E-state index is 12.3. The van der Waals surface area contributed by atoms with Gasteiger partial charge in [0.05, 0.1) is 12.0 Å². The minimum Gasteiger partial charge on any atom is -0.508 e. The second-order valence-electron chi connectivity index (χ2n) is 5.63. The van der Waals surface area contributed by atoms with E-state index in [0.717, 1.165) is 11.1 Å². The fourth-order valence-corrected chi connectivity index (χ4v) is 2.99. The molecule has 0 aromatic heterocycles. The molecule has 0 bridgehead atoms. The summed E-state index contributed by atoms with van der Waals surface area (Å²) in [5.74, 6) is 0.0826. The molecule has 2 aromatic carbocycles. The number of rotatable bonds is 4. The van der Waals surface area contributed by atoms with Crippen LogP contribution in [0.15, 0.2) is 54.6 Å². The predicted molar refractivity (Wildman–Crippen MR) is 80.0 cm³/mol. The number of carbonyl (C=O) groups is 1. The molecule has 108 valence electrons. The van der Waals surface area contributed by atoms with Gasteiger partial charge >= 0.3 is 5.97 Å². The molecule has 3 rings (SSSR count). The van der Waals surface area contributed by atoms with Crippen LogP contribution in [0.3, 0.4) is 0 Å². The molecule has 1 N–H and O–H groups in total. The number of aromatic hydroxyl groups is 1. The maximum Gasteiger partial charge on any atom is 0.312 e. The molecule has 3 heteroatoms. The minimum absolute atomic E-state index is 0.158. The van der Waals surface area contributed by atoms with Crippen LogP contribution < -0.4 is 0 Å². The number of ether oxygens (including phenoxy) is 1. The molecule has 1 fully saturated rings. The molecule has 1 saturated heterocycles. The van der Waals surface area contributed by atoms with Gasteiger partial charge in [-0.1, -0.05) is 48.5 Å². The van der Waals surface area contributed by atoms with Crippen LogP contribution in [0.5, 0.6) is 5.75 Å². The maximum absolute atomic E-state index is 12.3. The number of hydrogen-bond donors (Lipinski definition) is 1. The van der Waals surface area contributed by atoms with Crippen molar-refractivity contribution < 1.29 is 14.6 Å². The molecule has 1 aliphatic heterocycles. The first-order valence-corrected chi connectivity index (χ1v) is 7.18. The SMILES string of the molecule is O=C1OCCC1(Cc1ccccc1)Cc1ccccc1O. The van der Waals surface area contributed by atoms with Gasteiger partial charge in [-0.25, -0.2) is 0 Å². The van der Waals surface area contributed by atoms with E-state index < -0.39 is 5.41 Å². The zero-order valence-electron chi connectivity index (χ0n) is 11.8. The van der Waals surface area contributed by atoms with Crippen molar-refractivity contribution in [2.45, 2.75) is 19.3 Å². The van der Waals surface area contributed by atoms with Crippen molar-refractivity contribution in [2.75, 3.05) is 6.61 Å². The van der Waals surface area contributed by atoms with E-state index in [4.69, 9.17) is 4.74 Å². The van der Waals surface area contributed by atoms with E-state index in [1.54, 1.807) is 12.1 Å². The van der Waals surface area contributed by atoms with Crippen LogP contribution in [0.1, 0.15) is 17.5 Å². The lowest BCUT2D eigenvalue weighted by atomic mass is 9.75. The normalized spacial score (nSPS) is 21.2. The summed E-state index contributed by atoms with van der Waals surface area (Å²) in [6, 6.07) is 17.2. The van der Waals surface area contributed by atoms with Gasteiger partial charge in [0, 0.05) is 0 Å². The third-order valence-corrected chi connectivity index (χ3v) is 4.15. The molecule has 1 heterocycles. The summed E-state index contributed by atoms with van der Waals surface area (Å²) >= 11 is 0. The van der Waals surface area contributed by atoms with Gasteiger partial charge < -0.3 is 9.84 Å². The monoisotopic (exact) mass is 282 g/mol. The Morgan fingerprint density at radius 1 is 1.00 bits per heavy atom. The lowest BCUT2D eigenvalue weighted by Crippen LogP contribution is -2.31. The molecule has 0 radical (unpaired) electrons. The number of carbonyl (C=O) groups excluding carboxylic acids is 1. The standard InChI is InChI=1S/C18H18O3/c19-16-9-5-4-8-15(16)13-18(10-11-21-17(18)20)12-14-6-2-1-3-7-14/h1-9,19H,10-13H2. The van der Waals surface area contributed by atoms with Gasteiger partial charge in [-0.3, -0.25) is 4.79 Å². The largest absolute Gasteiger partial charge is 0.508 e. The van der Waals surface area contributed by atoms with Crippen molar-refractivity contribution in [1.82, 2.24) is 0 Å². The highest BCUT2D eigenvalue weighted by Gasteiger charge is 2.44. The highest BCUT2D eigenvalue weighted by molar-refractivity contribution is 5.79. The fraction of sp³-hybridized carbons (Fsp3) is 0.278. The van der Waals surface area contributed by atoms with Crippen LogP contribution in [-0.4, -0.2) is 17.7 Å². The lowest BCUT2D eigenvalue weighted by molar-refractivity contribution is -0.146. The molecule has 2 aromatic rings. The molecule has 1 aliphatic rings. The number of hydrogen-bond acceptors (Lipinski definition) is 3. The Labute approximate surface area is 124 Å². The summed E-state index contributed by atoms with van der Waals surface area (Å²) in [6.45, 7) is 0.458. The van der Waals surface area contributed by atoms with Crippen LogP contribution in [0.4, 0.5) is 0 Å². The summed E-state index contributed by atoms with van der Waals surface area (Å²) in [6.07, 6.45) is 1.84. The first kappa shape index (κ1) is 13.7. The highest BCUT2D eigenvalue weighted by Crippen LogP contribution is 2.39. The number of esters is 1. The topological polar surface area (TPSA) is 46.5 Å². The molecular weight excluding hydrogens is 264 g/mol. The Hall–Kier alpha value is -2.29. The van der Waals surface area contributed by atoms with Gasteiger partial charge in [-0.05, 0) is 36.5 Å². The number of benzene rings is 2. The van der Waals surface area contributed by atoms with E-state index in [1.165, 1.54) is 0 Å². The smallest absolute Gasteiger partial charge is 0.312 e. The van der Waals surface area contributed by atoms with E-state index in [-0.39, 0.29) is 11.7 Å². The number of phenols is 1. The summed E-state index contributed by atoms with van der Waals surface area (Å²) in [7, 11) is 0. The Balaban J connectivity index is 1.91. The second kappa shape index (κ2) is 5.60. The van der Waals surface area contributed by atoms with Crippen molar-refractivity contribution >= 4 is 5.97 Å². The average Bonchev–Trinajstić information content (AvgIpc) is 2.84. The molecule has 3 nitrogen and oxygen atoms in total. The molecule has 0 spiro atoms. The summed E-state index contributed by atoms with van der Waals surface area (Å²) in [5.41, 5.74) is 1.35. The molecule has 0 saturated carbocycles. The van der Waals surface area contributed by atoms with E-state index in [0.29, 0.717) is 25.9 Å². The van der Waals surface area contributed by atoms with Crippen LogP contribution in [0, 0.1) is 5.41 Å². The van der Waals surface area contributed by atoms with E-state index in [2.05, 4.69) is 0 Å². The molecular formula is C18H18O3. The molecule has 1 unspecified atom stereocenters. The number of phenolic OH excluding ortho intramolecular Hbond substituents is 1. The van der Waals surface area contributed by atoms with Crippen LogP contribution in [0.2, 0.25) is 0 Å². The van der Waals surface area contributed by atoms with Crippen LogP contribution in [0.25, 0.3) is 0 Å². The van der Waals surface area contributed by atoms with Crippen molar-refractivity contribution in [1.29, 1.82) is 0 Å². The second-order valence-corrected chi connectivity index (χ2v) is 5.63. The fourth-order valence-electron chi connectivity index (χ4n) is 2.99. The van der Waals surface area contributed by atoms with Crippen molar-refractivity contribution in [3.8, 4) is 5.75 Å². The summed E-state index contributed by atoms with van der Waals surface area (Å²) in [5, 5.41) is 9.99. The summed E-state index contributed by atoms with van der Waals surface area (Å²) < 4.78 is 5.23. The average molecular weight is 282 g/mol. The van der Waals surface area contributed by atoms with Gasteiger partial charge in [0.2, 0.25) is 0 Å². The van der Waals surface area contributed by atoms with Gasteiger partial charge in [-0.2, -0.15) is 0 Å². The van der Waals surface area contributed by atoms with Gasteiger partial charge in [0.15, 0.2) is 0 Å². The van der Waals surface area contributed by atoms with E-state index in [1.807, 2.05) is 42.5 Å². The lowest BCUT2D eigenvalue weighted by Gasteiger charge is -2.25. The third-order valence-electron chi connectivity index (χ3n) is 4.15. The van der Waals surface area contributed by atoms with Crippen molar-refractivity contribution in [2.24, 2.45) is 5.41 Å². The van der Waals surface area contributed by atoms with E-state index >= 15 is 0 Å². The van der Waals surface area contributed by atoms with Gasteiger partial charge in [-0.15, -0.1) is 0 Å². The van der Waals surface area contributed by atoms with E-state index in [9.17, 15) is 9.90 Å². The zero-order valence-corrected chi connectivity index (χ0v) is 11.8. The molecule has 0 aliphatic carbocycles. The molecule has 21 heavy (non-hydrogen) atoms. The Kier molecular flexibility index (Phi) is 3.65. The van der Waals surface area contributed by atoms with Crippen LogP contribution >= 0.6 is 0 Å². The Morgan fingerprint density at radius 2 is 1.71 bits per heavy atom. The summed E-state index contributed by atoms with van der Waals surface area (Å²) in [4.78, 5) is 12.3. The Morgan fingerprint density at radius 3 is 2.38 bits per heavy atom. The van der Waals surface area contributed by atoms with Crippen LogP contribution in [-0.2, 0) is 22.4 Å². The number of cyclic esters (lactones) is 1. The molecule has 1 atom stereocenters.